The van der Waals surface area contributed by atoms with Gasteiger partial charge in [0.05, 0.1) is 0 Å². The van der Waals surface area contributed by atoms with Crippen LogP contribution in [0, 0.1) is 6.92 Å². The van der Waals surface area contributed by atoms with Crippen LogP contribution in [0.25, 0.3) is 11.4 Å². The van der Waals surface area contributed by atoms with Gasteiger partial charge < -0.3 is 5.32 Å². The number of thioether (sulfide) groups is 1. The molecule has 7 heteroatoms. The second-order valence-corrected chi connectivity index (χ2v) is 9.33. The highest BCUT2D eigenvalue weighted by Crippen LogP contribution is 2.27. The minimum atomic E-state index is -0.117. The number of carbonyl (C=O) groups is 1. The van der Waals surface area contributed by atoms with Crippen LogP contribution in [0.5, 0.6) is 0 Å². The highest BCUT2D eigenvalue weighted by atomic mass is 79.9. The third kappa shape index (κ3) is 5.61. The number of carbonyl (C=O) groups excluding carboxylic acids is 1. The Balaban J connectivity index is 1.44. The van der Waals surface area contributed by atoms with Crippen molar-refractivity contribution in [1.29, 1.82) is 0 Å². The molecule has 0 saturated carbocycles. The molecule has 4 rings (SSSR count). The van der Waals surface area contributed by atoms with E-state index < -0.39 is 0 Å². The zero-order valence-corrected chi connectivity index (χ0v) is 20.6. The summed E-state index contributed by atoms with van der Waals surface area (Å²) in [7, 11) is 0. The summed E-state index contributed by atoms with van der Waals surface area (Å²) in [5, 5.41) is 12.6. The van der Waals surface area contributed by atoms with E-state index in [1.54, 1.807) is 11.8 Å². The number of hydrogen-bond acceptors (Lipinski definition) is 4. The maximum atomic E-state index is 12.6. The van der Waals surface area contributed by atoms with Crippen LogP contribution in [0.3, 0.4) is 0 Å². The maximum absolute atomic E-state index is 12.6. The maximum Gasteiger partial charge on any atom is 0.255 e. The lowest BCUT2D eigenvalue weighted by atomic mass is 10.1. The Morgan fingerprint density at radius 2 is 1.79 bits per heavy atom. The van der Waals surface area contributed by atoms with Gasteiger partial charge in [-0.3, -0.25) is 9.36 Å². The summed E-state index contributed by atoms with van der Waals surface area (Å²) in [5.74, 6) is 1.41. The minimum Gasteiger partial charge on any atom is -0.322 e. The molecule has 0 aliphatic carbocycles. The second-order valence-electron chi connectivity index (χ2n) is 7.47. The first kappa shape index (κ1) is 23.0. The Bertz CT molecular complexity index is 1270. The molecule has 1 heterocycles. The summed E-state index contributed by atoms with van der Waals surface area (Å²) in [6.07, 6.45) is 1.84. The number of nitrogens with one attached hydrogen (secondary N) is 1. The van der Waals surface area contributed by atoms with Crippen LogP contribution < -0.4 is 5.32 Å². The number of aromatic nitrogens is 3. The Morgan fingerprint density at radius 1 is 1.06 bits per heavy atom. The highest BCUT2D eigenvalue weighted by Gasteiger charge is 2.14. The van der Waals surface area contributed by atoms with Crippen LogP contribution >= 0.6 is 27.7 Å². The van der Waals surface area contributed by atoms with Crippen LogP contribution in [0.2, 0.25) is 0 Å². The van der Waals surface area contributed by atoms with Crippen molar-refractivity contribution in [2.75, 3.05) is 5.32 Å². The lowest BCUT2D eigenvalue weighted by Gasteiger charge is -2.09. The second kappa shape index (κ2) is 10.6. The number of aryl methyl sites for hydroxylation is 1. The highest BCUT2D eigenvalue weighted by molar-refractivity contribution is 9.10. The largest absolute Gasteiger partial charge is 0.322 e. The van der Waals surface area contributed by atoms with E-state index >= 15 is 0 Å². The van der Waals surface area contributed by atoms with Gasteiger partial charge in [0, 0.05) is 33.6 Å². The van der Waals surface area contributed by atoms with Crippen LogP contribution in [0.1, 0.15) is 21.5 Å². The van der Waals surface area contributed by atoms with Crippen LogP contribution in [-0.2, 0) is 12.3 Å². The number of rotatable bonds is 8. The van der Waals surface area contributed by atoms with Gasteiger partial charge in [0.25, 0.3) is 5.91 Å². The number of nitrogens with zero attached hydrogens (tertiary/aromatic N) is 3. The van der Waals surface area contributed by atoms with Crippen molar-refractivity contribution in [2.24, 2.45) is 0 Å². The number of amides is 1. The standard InChI is InChI=1S/C26H23BrN4OS/c1-3-16-31-24(20-12-14-22(27)15-13-20)29-30-26(31)33-17-19-8-10-21(11-9-19)25(32)28-23-7-5-4-6-18(23)2/h3-15H,1,16-17H2,2H3,(H,28,32). The molecule has 1 aromatic heterocycles. The number of para-hydroxylation sites is 1. The van der Waals surface area contributed by atoms with Crippen molar-refractivity contribution in [3.05, 3.63) is 107 Å². The molecule has 33 heavy (non-hydrogen) atoms. The zero-order valence-electron chi connectivity index (χ0n) is 18.2. The van der Waals surface area contributed by atoms with Crippen molar-refractivity contribution < 1.29 is 4.79 Å². The van der Waals surface area contributed by atoms with Crippen LogP contribution in [0.15, 0.2) is 95.1 Å². The summed E-state index contributed by atoms with van der Waals surface area (Å²) in [5.41, 5.74) is 4.59. The molecule has 5 nitrogen and oxygen atoms in total. The SMILES string of the molecule is C=CCn1c(SCc2ccc(C(=O)Nc3ccccc3C)cc2)nnc1-c1ccc(Br)cc1. The van der Waals surface area contributed by atoms with E-state index in [0.29, 0.717) is 12.1 Å². The lowest BCUT2D eigenvalue weighted by molar-refractivity contribution is 0.102. The molecule has 0 radical (unpaired) electrons. The summed E-state index contributed by atoms with van der Waals surface area (Å²) in [6.45, 7) is 6.47. The third-order valence-corrected chi connectivity index (χ3v) is 6.67. The molecule has 4 aromatic rings. The summed E-state index contributed by atoms with van der Waals surface area (Å²) in [6, 6.07) is 23.4. The van der Waals surface area contributed by atoms with E-state index in [9.17, 15) is 4.79 Å². The molecule has 166 valence electrons. The molecule has 0 aliphatic rings. The smallest absolute Gasteiger partial charge is 0.255 e. The predicted molar refractivity (Wildman–Crippen MR) is 138 cm³/mol. The van der Waals surface area contributed by atoms with E-state index in [1.807, 2.05) is 85.8 Å². The van der Waals surface area contributed by atoms with E-state index in [4.69, 9.17) is 0 Å². The first-order valence-electron chi connectivity index (χ1n) is 10.4. The van der Waals surface area contributed by atoms with Crippen molar-refractivity contribution in [3.8, 4) is 11.4 Å². The number of benzene rings is 3. The average molecular weight is 519 g/mol. The van der Waals surface area contributed by atoms with Gasteiger partial charge >= 0.3 is 0 Å². The summed E-state index contributed by atoms with van der Waals surface area (Å²) in [4.78, 5) is 12.6. The molecule has 0 atom stereocenters. The van der Waals surface area contributed by atoms with Crippen molar-refractivity contribution in [1.82, 2.24) is 14.8 Å². The van der Waals surface area contributed by atoms with E-state index in [-0.39, 0.29) is 5.91 Å². The third-order valence-electron chi connectivity index (χ3n) is 5.11. The topological polar surface area (TPSA) is 59.8 Å². The molecule has 0 bridgehead atoms. The molecular weight excluding hydrogens is 496 g/mol. The Kier molecular flexibility index (Phi) is 7.42. The number of allylic oxidation sites excluding steroid dienone is 1. The molecule has 0 fully saturated rings. The summed E-state index contributed by atoms with van der Waals surface area (Å²) >= 11 is 5.08. The fourth-order valence-corrected chi connectivity index (χ4v) is 4.48. The molecule has 1 amide bonds. The van der Waals surface area contributed by atoms with E-state index in [0.717, 1.165) is 43.6 Å². The van der Waals surface area contributed by atoms with E-state index in [2.05, 4.69) is 42.6 Å². The van der Waals surface area contributed by atoms with Crippen molar-refractivity contribution >= 4 is 39.3 Å². The molecule has 0 unspecified atom stereocenters. The van der Waals surface area contributed by atoms with E-state index in [1.165, 1.54) is 0 Å². The number of hydrogen-bond donors (Lipinski definition) is 1. The number of anilines is 1. The van der Waals surface area contributed by atoms with Gasteiger partial charge in [-0.05, 0) is 48.4 Å². The molecule has 0 spiro atoms. The predicted octanol–water partition coefficient (Wildman–Crippen LogP) is 6.75. The van der Waals surface area contributed by atoms with Gasteiger partial charge in [0.2, 0.25) is 0 Å². The van der Waals surface area contributed by atoms with Gasteiger partial charge in [0.1, 0.15) is 0 Å². The quantitative estimate of drug-likeness (QED) is 0.207. The Labute approximate surface area is 206 Å². The minimum absolute atomic E-state index is 0.117. The molecule has 3 aromatic carbocycles. The normalized spacial score (nSPS) is 10.7. The van der Waals surface area contributed by atoms with Gasteiger partial charge in [0.15, 0.2) is 11.0 Å². The molecule has 0 saturated heterocycles. The summed E-state index contributed by atoms with van der Waals surface area (Å²) < 4.78 is 3.08. The van der Waals surface area contributed by atoms with Crippen molar-refractivity contribution in [3.63, 3.8) is 0 Å². The zero-order chi connectivity index (χ0) is 23.2. The lowest BCUT2D eigenvalue weighted by Crippen LogP contribution is -2.12. The van der Waals surface area contributed by atoms with Crippen LogP contribution in [0.4, 0.5) is 5.69 Å². The average Bonchev–Trinajstić information content (AvgIpc) is 3.23. The monoisotopic (exact) mass is 518 g/mol. The fraction of sp³-hybridized carbons (Fsp3) is 0.115. The van der Waals surface area contributed by atoms with Gasteiger partial charge in [-0.25, -0.2) is 0 Å². The molecular formula is C26H23BrN4OS. The first-order chi connectivity index (χ1) is 16.0. The fourth-order valence-electron chi connectivity index (χ4n) is 3.31. The van der Waals surface area contributed by atoms with Gasteiger partial charge in [-0.1, -0.05) is 76.2 Å². The molecule has 1 N–H and O–H groups in total. The van der Waals surface area contributed by atoms with Gasteiger partial charge in [-0.2, -0.15) is 0 Å². The van der Waals surface area contributed by atoms with Crippen LogP contribution in [-0.4, -0.2) is 20.7 Å². The Morgan fingerprint density at radius 3 is 2.48 bits per heavy atom. The number of halogens is 1. The first-order valence-corrected chi connectivity index (χ1v) is 12.2. The Hall–Kier alpha value is -3.16. The van der Waals surface area contributed by atoms with Crippen molar-refractivity contribution in [2.45, 2.75) is 24.4 Å². The van der Waals surface area contributed by atoms with Gasteiger partial charge in [-0.15, -0.1) is 16.8 Å². The molecule has 0 aliphatic heterocycles.